The van der Waals surface area contributed by atoms with E-state index in [1.807, 2.05) is 31.3 Å². The average Bonchev–Trinajstić information content (AvgIpc) is 3.36. The predicted molar refractivity (Wildman–Crippen MR) is 109 cm³/mol. The molecule has 148 valence electrons. The van der Waals surface area contributed by atoms with Crippen LogP contribution < -0.4 is 4.90 Å². The van der Waals surface area contributed by atoms with Crippen LogP contribution >= 0.6 is 0 Å². The van der Waals surface area contributed by atoms with Gasteiger partial charge in [-0.1, -0.05) is 0 Å². The Hall–Kier alpha value is -3.26. The summed E-state index contributed by atoms with van der Waals surface area (Å²) >= 11 is 0. The maximum Gasteiger partial charge on any atom is 0.223 e. The standard InChI is InChI=1S/C21H21FN6O/c1-13-12-29-8-7-28(13)19-10-14(18-4-6-25-27(18)2)9-16(26-19)20-15-3-5-23-17(15)11-24-21(20)22/h3-6,9-11,13,23H,7-8,12H2,1-2H3/t13-/m1/s1. The SMILES string of the molecule is C[C@@H]1COCCN1c1cc(-c2ccnn2C)cc(-c2c(F)ncc3[nH]ccc23)n1. The molecule has 1 N–H and O–H groups in total. The molecule has 0 amide bonds. The normalized spacial score (nSPS) is 17.2. The molecule has 0 aliphatic carbocycles. The van der Waals surface area contributed by atoms with Gasteiger partial charge in [-0.25, -0.2) is 9.97 Å². The molecule has 0 aromatic carbocycles. The van der Waals surface area contributed by atoms with Gasteiger partial charge >= 0.3 is 0 Å². The van der Waals surface area contributed by atoms with Crippen molar-refractivity contribution >= 4 is 16.7 Å². The van der Waals surface area contributed by atoms with E-state index in [0.29, 0.717) is 24.5 Å². The van der Waals surface area contributed by atoms with Gasteiger partial charge in [-0.2, -0.15) is 9.49 Å². The van der Waals surface area contributed by atoms with Crippen LogP contribution in [0.25, 0.3) is 33.4 Å². The van der Waals surface area contributed by atoms with Gasteiger partial charge in [-0.05, 0) is 31.2 Å². The molecule has 1 atom stereocenters. The van der Waals surface area contributed by atoms with Crippen molar-refractivity contribution in [2.75, 3.05) is 24.7 Å². The highest BCUT2D eigenvalue weighted by atomic mass is 19.1. The van der Waals surface area contributed by atoms with E-state index in [9.17, 15) is 4.39 Å². The molecule has 5 rings (SSSR count). The molecular formula is C21H21FN6O. The number of rotatable bonds is 3. The smallest absolute Gasteiger partial charge is 0.223 e. The Bertz CT molecular complexity index is 1180. The van der Waals surface area contributed by atoms with Crippen molar-refractivity contribution in [1.82, 2.24) is 24.7 Å². The molecule has 1 aliphatic heterocycles. The molecule has 5 heterocycles. The van der Waals surface area contributed by atoms with Crippen LogP contribution in [0.3, 0.4) is 0 Å². The van der Waals surface area contributed by atoms with E-state index in [4.69, 9.17) is 9.72 Å². The number of fused-ring (bicyclic) bond motifs is 1. The topological polar surface area (TPSA) is 71.9 Å². The lowest BCUT2D eigenvalue weighted by molar-refractivity contribution is 0.0985. The molecule has 0 bridgehead atoms. The monoisotopic (exact) mass is 392 g/mol. The first-order chi connectivity index (χ1) is 14.1. The van der Waals surface area contributed by atoms with Crippen molar-refractivity contribution in [3.05, 3.63) is 48.8 Å². The fourth-order valence-electron chi connectivity index (χ4n) is 3.91. The van der Waals surface area contributed by atoms with Gasteiger partial charge in [0.1, 0.15) is 5.82 Å². The molecule has 0 radical (unpaired) electrons. The van der Waals surface area contributed by atoms with Crippen molar-refractivity contribution in [2.45, 2.75) is 13.0 Å². The lowest BCUT2D eigenvalue weighted by Crippen LogP contribution is -2.44. The number of anilines is 1. The fourth-order valence-corrected chi connectivity index (χ4v) is 3.91. The minimum absolute atomic E-state index is 0.178. The second kappa shape index (κ2) is 6.97. The lowest BCUT2D eigenvalue weighted by Gasteiger charge is -2.34. The van der Waals surface area contributed by atoms with Crippen molar-refractivity contribution in [1.29, 1.82) is 0 Å². The van der Waals surface area contributed by atoms with Crippen molar-refractivity contribution in [3.63, 3.8) is 0 Å². The van der Waals surface area contributed by atoms with Gasteiger partial charge in [0.2, 0.25) is 5.95 Å². The molecule has 0 unspecified atom stereocenters. The first kappa shape index (κ1) is 17.8. The minimum atomic E-state index is -0.535. The fraction of sp³-hybridized carbons (Fsp3) is 0.286. The first-order valence-electron chi connectivity index (χ1n) is 9.58. The molecule has 8 heteroatoms. The van der Waals surface area contributed by atoms with Crippen LogP contribution in [0.1, 0.15) is 6.92 Å². The zero-order chi connectivity index (χ0) is 20.0. The van der Waals surface area contributed by atoms with E-state index in [1.54, 1.807) is 17.1 Å². The molecule has 0 saturated carbocycles. The molecule has 0 spiro atoms. The Kier molecular flexibility index (Phi) is 4.28. The summed E-state index contributed by atoms with van der Waals surface area (Å²) in [5, 5.41) is 5.04. The second-order valence-corrected chi connectivity index (χ2v) is 7.29. The molecule has 4 aromatic rings. The van der Waals surface area contributed by atoms with Crippen LogP contribution in [0, 0.1) is 5.95 Å². The predicted octanol–water partition coefficient (Wildman–Crippen LogP) is 3.39. The van der Waals surface area contributed by atoms with Gasteiger partial charge < -0.3 is 14.6 Å². The van der Waals surface area contributed by atoms with E-state index >= 15 is 0 Å². The number of aryl methyl sites for hydroxylation is 1. The maximum absolute atomic E-state index is 14.9. The molecule has 1 fully saturated rings. The second-order valence-electron chi connectivity index (χ2n) is 7.29. The van der Waals surface area contributed by atoms with Gasteiger partial charge in [0.15, 0.2) is 0 Å². The van der Waals surface area contributed by atoms with Gasteiger partial charge in [-0.15, -0.1) is 0 Å². The molecular weight excluding hydrogens is 371 g/mol. The van der Waals surface area contributed by atoms with Gasteiger partial charge in [-0.3, -0.25) is 4.68 Å². The zero-order valence-corrected chi connectivity index (χ0v) is 16.3. The van der Waals surface area contributed by atoms with Crippen LogP contribution in [0.4, 0.5) is 10.2 Å². The number of nitrogens with one attached hydrogen (secondary N) is 1. The van der Waals surface area contributed by atoms with Crippen molar-refractivity contribution in [3.8, 4) is 22.5 Å². The Balaban J connectivity index is 1.74. The highest BCUT2D eigenvalue weighted by Gasteiger charge is 2.23. The number of H-pyrrole nitrogens is 1. The summed E-state index contributed by atoms with van der Waals surface area (Å²) < 4.78 is 22.3. The van der Waals surface area contributed by atoms with Gasteiger partial charge in [0.25, 0.3) is 0 Å². The number of hydrogen-bond acceptors (Lipinski definition) is 5. The van der Waals surface area contributed by atoms with E-state index in [0.717, 1.165) is 34.5 Å². The largest absolute Gasteiger partial charge is 0.377 e. The van der Waals surface area contributed by atoms with E-state index in [1.165, 1.54) is 6.20 Å². The molecule has 4 aromatic heterocycles. The van der Waals surface area contributed by atoms with Gasteiger partial charge in [0, 0.05) is 36.9 Å². The number of aromatic amines is 1. The summed E-state index contributed by atoms with van der Waals surface area (Å²) in [6.45, 7) is 4.11. The molecule has 1 saturated heterocycles. The quantitative estimate of drug-likeness (QED) is 0.541. The Morgan fingerprint density at radius 3 is 2.97 bits per heavy atom. The van der Waals surface area contributed by atoms with E-state index < -0.39 is 5.95 Å². The van der Waals surface area contributed by atoms with E-state index in [2.05, 4.69) is 26.9 Å². The number of ether oxygens (including phenoxy) is 1. The number of morpholine rings is 1. The van der Waals surface area contributed by atoms with Crippen molar-refractivity contribution in [2.24, 2.45) is 7.05 Å². The number of aromatic nitrogens is 5. The van der Waals surface area contributed by atoms with Crippen LogP contribution in [0.5, 0.6) is 0 Å². The Morgan fingerprint density at radius 1 is 1.28 bits per heavy atom. The third-order valence-electron chi connectivity index (χ3n) is 5.41. The average molecular weight is 392 g/mol. The summed E-state index contributed by atoms with van der Waals surface area (Å²) in [4.78, 5) is 14.1. The maximum atomic E-state index is 14.9. The summed E-state index contributed by atoms with van der Waals surface area (Å²) in [6.07, 6.45) is 5.04. The summed E-state index contributed by atoms with van der Waals surface area (Å²) in [7, 11) is 1.89. The first-order valence-corrected chi connectivity index (χ1v) is 9.58. The van der Waals surface area contributed by atoms with Crippen LogP contribution in [-0.4, -0.2) is 50.5 Å². The lowest BCUT2D eigenvalue weighted by atomic mass is 10.0. The third kappa shape index (κ3) is 3.05. The number of halogens is 1. The third-order valence-corrected chi connectivity index (χ3v) is 5.41. The highest BCUT2D eigenvalue weighted by molar-refractivity contribution is 5.94. The van der Waals surface area contributed by atoms with E-state index in [-0.39, 0.29) is 6.04 Å². The number of pyridine rings is 2. The minimum Gasteiger partial charge on any atom is -0.377 e. The number of nitrogens with zero attached hydrogens (tertiary/aromatic N) is 5. The summed E-state index contributed by atoms with van der Waals surface area (Å²) in [5.74, 6) is 0.258. The zero-order valence-electron chi connectivity index (χ0n) is 16.3. The van der Waals surface area contributed by atoms with Crippen LogP contribution in [-0.2, 0) is 11.8 Å². The summed E-state index contributed by atoms with van der Waals surface area (Å²) in [6, 6.07) is 7.90. The van der Waals surface area contributed by atoms with Crippen LogP contribution in [0.15, 0.2) is 42.9 Å². The van der Waals surface area contributed by atoms with Crippen LogP contribution in [0.2, 0.25) is 0 Å². The Morgan fingerprint density at radius 2 is 2.17 bits per heavy atom. The Labute approximate surface area is 167 Å². The molecule has 7 nitrogen and oxygen atoms in total. The molecule has 29 heavy (non-hydrogen) atoms. The van der Waals surface area contributed by atoms with Crippen molar-refractivity contribution < 1.29 is 9.13 Å². The summed E-state index contributed by atoms with van der Waals surface area (Å²) in [5.41, 5.74) is 3.58. The van der Waals surface area contributed by atoms with Gasteiger partial charge in [0.05, 0.1) is 47.9 Å². The number of hydrogen-bond donors (Lipinski definition) is 1. The molecule has 1 aliphatic rings. The highest BCUT2D eigenvalue weighted by Crippen LogP contribution is 2.34.